The second kappa shape index (κ2) is 4.79. The number of fused-ring (bicyclic) bond motifs is 1. The predicted molar refractivity (Wildman–Crippen MR) is 66.1 cm³/mol. The number of rotatable bonds is 2. The van der Waals surface area contributed by atoms with Gasteiger partial charge in [0, 0.05) is 4.90 Å². The van der Waals surface area contributed by atoms with Crippen molar-refractivity contribution in [2.24, 2.45) is 0 Å². The molecule has 5 heteroatoms. The monoisotopic (exact) mass is 251 g/mol. The number of amides is 1. The van der Waals surface area contributed by atoms with Crippen molar-refractivity contribution in [1.82, 2.24) is 0 Å². The van der Waals surface area contributed by atoms with Crippen LogP contribution in [0.4, 0.5) is 5.69 Å². The Balaban J connectivity index is 2.18. The SMILES string of the molecule is COC(=O)CC1Sc2ccc(C)cc2NC1=O. The summed E-state index contributed by atoms with van der Waals surface area (Å²) in [4.78, 5) is 23.9. The van der Waals surface area contributed by atoms with E-state index in [1.54, 1.807) is 0 Å². The van der Waals surface area contributed by atoms with Crippen LogP contribution in [0.2, 0.25) is 0 Å². The molecule has 1 aromatic carbocycles. The number of anilines is 1. The highest BCUT2D eigenvalue weighted by atomic mass is 32.2. The van der Waals surface area contributed by atoms with Crippen LogP contribution in [0.5, 0.6) is 0 Å². The second-order valence-electron chi connectivity index (χ2n) is 3.88. The topological polar surface area (TPSA) is 55.4 Å². The zero-order valence-electron chi connectivity index (χ0n) is 9.65. The summed E-state index contributed by atoms with van der Waals surface area (Å²) in [6, 6.07) is 5.87. The van der Waals surface area contributed by atoms with Gasteiger partial charge in [0.15, 0.2) is 0 Å². The number of hydrogen-bond acceptors (Lipinski definition) is 4. The van der Waals surface area contributed by atoms with Gasteiger partial charge in [-0.2, -0.15) is 0 Å². The van der Waals surface area contributed by atoms with Gasteiger partial charge in [0.2, 0.25) is 5.91 Å². The lowest BCUT2D eigenvalue weighted by atomic mass is 10.2. The van der Waals surface area contributed by atoms with Crippen LogP contribution in [0.25, 0.3) is 0 Å². The zero-order chi connectivity index (χ0) is 12.4. The van der Waals surface area contributed by atoms with Crippen molar-refractivity contribution in [3.05, 3.63) is 23.8 Å². The quantitative estimate of drug-likeness (QED) is 0.816. The van der Waals surface area contributed by atoms with Crippen LogP contribution in [0.15, 0.2) is 23.1 Å². The average Bonchev–Trinajstić information content (AvgIpc) is 2.30. The maximum atomic E-state index is 11.8. The van der Waals surface area contributed by atoms with Crippen molar-refractivity contribution < 1.29 is 14.3 Å². The van der Waals surface area contributed by atoms with Gasteiger partial charge >= 0.3 is 5.97 Å². The van der Waals surface area contributed by atoms with Gasteiger partial charge in [-0.25, -0.2) is 0 Å². The Kier molecular flexibility index (Phi) is 3.38. The highest BCUT2D eigenvalue weighted by Crippen LogP contribution is 2.37. The largest absolute Gasteiger partial charge is 0.469 e. The van der Waals surface area contributed by atoms with E-state index in [1.165, 1.54) is 18.9 Å². The van der Waals surface area contributed by atoms with E-state index in [2.05, 4.69) is 10.1 Å². The molecule has 1 heterocycles. The van der Waals surface area contributed by atoms with Crippen molar-refractivity contribution in [3.63, 3.8) is 0 Å². The summed E-state index contributed by atoms with van der Waals surface area (Å²) in [5, 5.41) is 2.41. The molecule has 1 atom stereocenters. The average molecular weight is 251 g/mol. The van der Waals surface area contributed by atoms with E-state index in [1.807, 2.05) is 25.1 Å². The van der Waals surface area contributed by atoms with Crippen molar-refractivity contribution in [2.75, 3.05) is 12.4 Å². The minimum absolute atomic E-state index is 0.0975. The van der Waals surface area contributed by atoms with E-state index < -0.39 is 5.25 Å². The molecule has 0 saturated carbocycles. The van der Waals surface area contributed by atoms with Crippen LogP contribution >= 0.6 is 11.8 Å². The first-order valence-corrected chi connectivity index (χ1v) is 6.13. The molecule has 0 saturated heterocycles. The molecule has 4 nitrogen and oxygen atoms in total. The van der Waals surface area contributed by atoms with Crippen molar-refractivity contribution >= 4 is 29.3 Å². The van der Waals surface area contributed by atoms with E-state index in [-0.39, 0.29) is 18.3 Å². The van der Waals surface area contributed by atoms with E-state index in [4.69, 9.17) is 0 Å². The predicted octanol–water partition coefficient (Wildman–Crippen LogP) is 1.97. The lowest BCUT2D eigenvalue weighted by molar-refractivity contribution is -0.141. The maximum Gasteiger partial charge on any atom is 0.307 e. The number of carbonyl (C=O) groups is 2. The molecule has 0 aliphatic carbocycles. The third-order valence-electron chi connectivity index (χ3n) is 2.53. The number of carbonyl (C=O) groups excluding carboxylic acids is 2. The minimum Gasteiger partial charge on any atom is -0.469 e. The summed E-state index contributed by atoms with van der Waals surface area (Å²) in [5.74, 6) is -0.508. The Hall–Kier alpha value is -1.49. The Morgan fingerprint density at radius 3 is 3.00 bits per heavy atom. The van der Waals surface area contributed by atoms with Gasteiger partial charge in [0.25, 0.3) is 0 Å². The van der Waals surface area contributed by atoms with Crippen LogP contribution in [0.3, 0.4) is 0 Å². The van der Waals surface area contributed by atoms with Crippen molar-refractivity contribution in [1.29, 1.82) is 0 Å². The molecule has 90 valence electrons. The third-order valence-corrected chi connectivity index (χ3v) is 3.81. The fourth-order valence-electron chi connectivity index (χ4n) is 1.63. The number of benzene rings is 1. The van der Waals surface area contributed by atoms with Crippen LogP contribution in [0.1, 0.15) is 12.0 Å². The first kappa shape index (κ1) is 12.0. The van der Waals surface area contributed by atoms with E-state index in [0.29, 0.717) is 0 Å². The van der Waals surface area contributed by atoms with E-state index >= 15 is 0 Å². The Bertz CT molecular complexity index is 473. The number of esters is 1. The van der Waals surface area contributed by atoms with Gasteiger partial charge < -0.3 is 10.1 Å². The molecule has 0 bridgehead atoms. The molecule has 1 amide bonds. The molecule has 2 rings (SSSR count). The second-order valence-corrected chi connectivity index (χ2v) is 5.12. The maximum absolute atomic E-state index is 11.8. The molecule has 1 aromatic rings. The number of nitrogens with one attached hydrogen (secondary N) is 1. The number of methoxy groups -OCH3 is 1. The van der Waals surface area contributed by atoms with Gasteiger partial charge in [0.1, 0.15) is 0 Å². The number of thioether (sulfide) groups is 1. The fraction of sp³-hybridized carbons (Fsp3) is 0.333. The van der Waals surface area contributed by atoms with Gasteiger partial charge in [-0.1, -0.05) is 6.07 Å². The Morgan fingerprint density at radius 1 is 1.53 bits per heavy atom. The molecule has 1 aliphatic rings. The molecule has 0 radical (unpaired) electrons. The number of hydrogen-bond donors (Lipinski definition) is 1. The molecule has 0 spiro atoms. The van der Waals surface area contributed by atoms with E-state index in [0.717, 1.165) is 16.1 Å². The van der Waals surface area contributed by atoms with Crippen LogP contribution in [-0.2, 0) is 14.3 Å². The Labute approximate surface area is 104 Å². The fourth-order valence-corrected chi connectivity index (χ4v) is 2.71. The Morgan fingerprint density at radius 2 is 2.29 bits per heavy atom. The number of aryl methyl sites for hydroxylation is 1. The van der Waals surface area contributed by atoms with Crippen LogP contribution in [-0.4, -0.2) is 24.2 Å². The van der Waals surface area contributed by atoms with Crippen molar-refractivity contribution in [3.8, 4) is 0 Å². The first-order valence-electron chi connectivity index (χ1n) is 5.25. The summed E-state index contributed by atoms with van der Waals surface area (Å²) in [7, 11) is 1.32. The van der Waals surface area contributed by atoms with Crippen molar-refractivity contribution in [2.45, 2.75) is 23.5 Å². The van der Waals surface area contributed by atoms with Gasteiger partial charge in [-0.05, 0) is 24.6 Å². The molecular weight excluding hydrogens is 238 g/mol. The summed E-state index contributed by atoms with van der Waals surface area (Å²) in [5.41, 5.74) is 1.91. The molecular formula is C12H13NO3S. The zero-order valence-corrected chi connectivity index (χ0v) is 10.5. The molecule has 1 unspecified atom stereocenters. The normalized spacial score (nSPS) is 18.2. The lowest BCUT2D eigenvalue weighted by Crippen LogP contribution is -2.31. The van der Waals surface area contributed by atoms with Gasteiger partial charge in [0.05, 0.1) is 24.5 Å². The van der Waals surface area contributed by atoms with Crippen LogP contribution < -0.4 is 5.32 Å². The lowest BCUT2D eigenvalue weighted by Gasteiger charge is -2.23. The van der Waals surface area contributed by atoms with E-state index in [9.17, 15) is 9.59 Å². The van der Waals surface area contributed by atoms with Crippen LogP contribution in [0, 0.1) is 6.92 Å². The van der Waals surface area contributed by atoms with Gasteiger partial charge in [-0.15, -0.1) is 11.8 Å². The summed E-state index contributed by atoms with van der Waals surface area (Å²) >= 11 is 1.40. The minimum atomic E-state index is -0.405. The molecule has 1 aliphatic heterocycles. The number of ether oxygens (including phenoxy) is 1. The van der Waals surface area contributed by atoms with Gasteiger partial charge in [-0.3, -0.25) is 9.59 Å². The first-order chi connectivity index (χ1) is 8.10. The molecule has 1 N–H and O–H groups in total. The summed E-state index contributed by atoms with van der Waals surface area (Å²) in [6.07, 6.45) is 0.0975. The standard InChI is InChI=1S/C12H13NO3S/c1-7-3-4-9-8(5-7)13-12(15)10(17-9)6-11(14)16-2/h3-5,10H,6H2,1-2H3,(H,13,15). The summed E-state index contributed by atoms with van der Waals surface area (Å²) < 4.78 is 4.58. The molecule has 0 aromatic heterocycles. The molecule has 0 fully saturated rings. The molecule has 17 heavy (non-hydrogen) atoms. The summed E-state index contributed by atoms with van der Waals surface area (Å²) in [6.45, 7) is 1.97. The third kappa shape index (κ3) is 2.61. The highest BCUT2D eigenvalue weighted by molar-refractivity contribution is 8.01. The highest BCUT2D eigenvalue weighted by Gasteiger charge is 2.29. The smallest absolute Gasteiger partial charge is 0.307 e.